The number of aliphatic imine (C=N–C) groups is 1. The van der Waals surface area contributed by atoms with Crippen LogP contribution in [0.4, 0.5) is 0 Å². The van der Waals surface area contributed by atoms with E-state index in [9.17, 15) is 4.79 Å². The fourth-order valence-corrected chi connectivity index (χ4v) is 3.41. The lowest BCUT2D eigenvalue weighted by molar-refractivity contribution is 0.138. The summed E-state index contributed by atoms with van der Waals surface area (Å²) in [5.74, 6) is 0.969. The Morgan fingerprint density at radius 2 is 2.00 bits per heavy atom. The number of rotatable bonds is 2. The number of hydrogen-bond donors (Lipinski definition) is 0. The summed E-state index contributed by atoms with van der Waals surface area (Å²) in [6, 6.07) is 6.27. The first-order valence-electron chi connectivity index (χ1n) is 6.96. The molecule has 100 valence electrons. The third kappa shape index (κ3) is 2.08. The van der Waals surface area contributed by atoms with Crippen LogP contribution in [0.1, 0.15) is 50.7 Å². The van der Waals surface area contributed by atoms with Gasteiger partial charge < -0.3 is 4.74 Å². The number of hydrogen-bond acceptors (Lipinski definition) is 3. The van der Waals surface area contributed by atoms with Gasteiger partial charge in [0.15, 0.2) is 0 Å². The molecule has 1 aliphatic carbocycles. The van der Waals surface area contributed by atoms with Crippen molar-refractivity contribution in [2.75, 3.05) is 0 Å². The van der Waals surface area contributed by atoms with Crippen molar-refractivity contribution in [3.05, 3.63) is 29.3 Å². The van der Waals surface area contributed by atoms with E-state index in [2.05, 4.69) is 31.0 Å². The molecule has 0 N–H and O–H groups in total. The third-order valence-corrected chi connectivity index (χ3v) is 4.29. The van der Waals surface area contributed by atoms with Gasteiger partial charge in [-0.2, -0.15) is 4.99 Å². The molecule has 1 aliphatic heterocycles. The van der Waals surface area contributed by atoms with Crippen molar-refractivity contribution in [2.45, 2.75) is 57.1 Å². The molecule has 0 saturated heterocycles. The molecule has 0 spiro atoms. The van der Waals surface area contributed by atoms with Crippen molar-refractivity contribution in [1.29, 1.82) is 0 Å². The smallest absolute Gasteiger partial charge is 0.235 e. The van der Waals surface area contributed by atoms with Crippen molar-refractivity contribution >= 4 is 6.08 Å². The minimum absolute atomic E-state index is 0.127. The molecule has 1 saturated carbocycles. The number of ether oxygens (including phenoxy) is 1. The molecule has 0 radical (unpaired) electrons. The summed E-state index contributed by atoms with van der Waals surface area (Å²) in [7, 11) is 0. The lowest BCUT2D eigenvalue weighted by atomic mass is 9.87. The second-order valence-corrected chi connectivity index (χ2v) is 6.30. The SMILES string of the molecule is CC1(C)Cc2cc(C3(N=C=O)CCCC3)ccc2O1. The first-order valence-corrected chi connectivity index (χ1v) is 6.96. The highest BCUT2D eigenvalue weighted by Gasteiger charge is 2.37. The molecule has 0 amide bonds. The predicted octanol–water partition coefficient (Wildman–Crippen LogP) is 3.51. The maximum atomic E-state index is 10.8. The standard InChI is InChI=1S/C16H19NO2/c1-15(2)10-12-9-13(5-6-14(12)19-15)16(17-11-18)7-3-4-8-16/h5-6,9H,3-4,7-8,10H2,1-2H3. The van der Waals surface area contributed by atoms with Gasteiger partial charge in [0.05, 0.1) is 5.54 Å². The van der Waals surface area contributed by atoms with Crippen LogP contribution < -0.4 is 4.74 Å². The lowest BCUT2D eigenvalue weighted by Crippen LogP contribution is -2.24. The van der Waals surface area contributed by atoms with Crippen LogP contribution in [0.2, 0.25) is 0 Å². The van der Waals surface area contributed by atoms with Crippen LogP contribution in [-0.4, -0.2) is 11.7 Å². The summed E-state index contributed by atoms with van der Waals surface area (Å²) < 4.78 is 5.90. The Labute approximate surface area is 113 Å². The van der Waals surface area contributed by atoms with Gasteiger partial charge in [0, 0.05) is 6.42 Å². The molecule has 3 rings (SSSR count). The van der Waals surface area contributed by atoms with E-state index in [0.29, 0.717) is 0 Å². The van der Waals surface area contributed by atoms with Gasteiger partial charge >= 0.3 is 0 Å². The molecule has 1 fully saturated rings. The van der Waals surface area contributed by atoms with Crippen molar-refractivity contribution < 1.29 is 9.53 Å². The Bertz CT molecular complexity index is 550. The van der Waals surface area contributed by atoms with E-state index in [0.717, 1.165) is 43.4 Å². The Morgan fingerprint density at radius 1 is 1.26 bits per heavy atom. The quantitative estimate of drug-likeness (QED) is 0.600. The van der Waals surface area contributed by atoms with Crippen LogP contribution in [0.15, 0.2) is 23.2 Å². The molecule has 1 heterocycles. The maximum Gasteiger partial charge on any atom is 0.235 e. The van der Waals surface area contributed by atoms with Crippen LogP contribution in [0.25, 0.3) is 0 Å². The normalized spacial score (nSPS) is 22.4. The largest absolute Gasteiger partial charge is 0.487 e. The predicted molar refractivity (Wildman–Crippen MR) is 73.1 cm³/mol. The Kier molecular flexibility index (Phi) is 2.75. The van der Waals surface area contributed by atoms with Gasteiger partial charge in [-0.25, -0.2) is 4.79 Å². The summed E-state index contributed by atoms with van der Waals surface area (Å²) in [6.45, 7) is 4.20. The molecule has 19 heavy (non-hydrogen) atoms. The molecule has 0 atom stereocenters. The molecule has 0 aromatic heterocycles. The number of benzene rings is 1. The summed E-state index contributed by atoms with van der Waals surface area (Å²) in [5, 5.41) is 0. The zero-order chi connectivity index (χ0) is 13.5. The topological polar surface area (TPSA) is 38.7 Å². The van der Waals surface area contributed by atoms with Crippen LogP contribution in [0.3, 0.4) is 0 Å². The first kappa shape index (κ1) is 12.4. The Hall–Kier alpha value is -1.60. The van der Waals surface area contributed by atoms with Gasteiger partial charge in [-0.15, -0.1) is 0 Å². The fraction of sp³-hybridized carbons (Fsp3) is 0.562. The number of isocyanates is 1. The highest BCUT2D eigenvalue weighted by molar-refractivity contribution is 5.46. The van der Waals surface area contributed by atoms with Crippen LogP contribution in [-0.2, 0) is 16.8 Å². The van der Waals surface area contributed by atoms with E-state index in [1.807, 2.05) is 6.07 Å². The van der Waals surface area contributed by atoms with Gasteiger partial charge in [0.25, 0.3) is 0 Å². The highest BCUT2D eigenvalue weighted by atomic mass is 16.5. The zero-order valence-corrected chi connectivity index (χ0v) is 11.5. The van der Waals surface area contributed by atoms with Crippen LogP contribution >= 0.6 is 0 Å². The van der Waals surface area contributed by atoms with Crippen molar-refractivity contribution in [1.82, 2.24) is 0 Å². The average Bonchev–Trinajstić information content (AvgIpc) is 2.91. The van der Waals surface area contributed by atoms with E-state index in [1.165, 1.54) is 5.56 Å². The maximum absolute atomic E-state index is 10.8. The highest BCUT2D eigenvalue weighted by Crippen LogP contribution is 2.44. The fourth-order valence-electron chi connectivity index (χ4n) is 3.41. The molecule has 1 aromatic rings. The average molecular weight is 257 g/mol. The zero-order valence-electron chi connectivity index (χ0n) is 11.5. The van der Waals surface area contributed by atoms with Crippen molar-refractivity contribution in [3.63, 3.8) is 0 Å². The van der Waals surface area contributed by atoms with Crippen molar-refractivity contribution in [2.24, 2.45) is 4.99 Å². The first-order chi connectivity index (χ1) is 9.05. The second kappa shape index (κ2) is 4.21. The molecule has 1 aromatic carbocycles. The van der Waals surface area contributed by atoms with E-state index < -0.39 is 0 Å². The van der Waals surface area contributed by atoms with Gasteiger partial charge in [-0.3, -0.25) is 0 Å². The molecule has 2 aliphatic rings. The molecular formula is C16H19NO2. The summed E-state index contributed by atoms with van der Waals surface area (Å²) in [4.78, 5) is 14.9. The number of carbonyl (C=O) groups excluding carboxylic acids is 1. The number of fused-ring (bicyclic) bond motifs is 1. The third-order valence-electron chi connectivity index (χ3n) is 4.29. The van der Waals surface area contributed by atoms with Gasteiger partial charge in [-0.05, 0) is 49.9 Å². The van der Waals surface area contributed by atoms with Crippen LogP contribution in [0.5, 0.6) is 5.75 Å². The molecule has 0 unspecified atom stereocenters. The van der Waals surface area contributed by atoms with E-state index in [4.69, 9.17) is 4.74 Å². The van der Waals surface area contributed by atoms with E-state index >= 15 is 0 Å². The summed E-state index contributed by atoms with van der Waals surface area (Å²) >= 11 is 0. The van der Waals surface area contributed by atoms with Gasteiger partial charge in [0.2, 0.25) is 6.08 Å². The Balaban J connectivity index is 2.01. The molecule has 3 nitrogen and oxygen atoms in total. The van der Waals surface area contributed by atoms with Crippen LogP contribution in [0, 0.1) is 0 Å². The summed E-state index contributed by atoms with van der Waals surface area (Å²) in [5.41, 5.74) is 1.92. The van der Waals surface area contributed by atoms with Crippen molar-refractivity contribution in [3.8, 4) is 5.75 Å². The minimum atomic E-state index is -0.330. The molecular weight excluding hydrogens is 238 g/mol. The van der Waals surface area contributed by atoms with E-state index in [1.54, 1.807) is 6.08 Å². The van der Waals surface area contributed by atoms with Gasteiger partial charge in [-0.1, -0.05) is 18.9 Å². The van der Waals surface area contributed by atoms with E-state index in [-0.39, 0.29) is 11.1 Å². The monoisotopic (exact) mass is 257 g/mol. The molecule has 0 bridgehead atoms. The molecule has 3 heteroatoms. The van der Waals surface area contributed by atoms with Gasteiger partial charge in [0.1, 0.15) is 11.4 Å². The second-order valence-electron chi connectivity index (χ2n) is 6.30. The Morgan fingerprint density at radius 3 is 2.68 bits per heavy atom. The summed E-state index contributed by atoms with van der Waals surface area (Å²) in [6.07, 6.45) is 6.85. The number of nitrogens with zero attached hydrogens (tertiary/aromatic N) is 1. The minimum Gasteiger partial charge on any atom is -0.487 e. The lowest BCUT2D eigenvalue weighted by Gasteiger charge is -2.23.